The maximum Gasteiger partial charge on any atom is 0.124 e. The summed E-state index contributed by atoms with van der Waals surface area (Å²) < 4.78 is 0. The summed E-state index contributed by atoms with van der Waals surface area (Å²) in [6.45, 7) is 4.17. The molecule has 5 aromatic carbocycles. The fourth-order valence-corrected chi connectivity index (χ4v) is 5.13. The van der Waals surface area contributed by atoms with E-state index in [9.17, 15) is 0 Å². The Balaban J connectivity index is 0.000000167. The molecule has 7 heteroatoms. The monoisotopic (exact) mass is 927 g/mol. The molecule has 0 unspecified atom stereocenters. The molecule has 0 fully saturated rings. The first-order valence-corrected chi connectivity index (χ1v) is 13.8. The van der Waals surface area contributed by atoms with Crippen LogP contribution < -0.4 is 19.6 Å². The van der Waals surface area contributed by atoms with Crippen LogP contribution in [0, 0.1) is 25.5 Å². The maximum atomic E-state index is 4.53. The molecule has 2 aliphatic heterocycles. The quantitative estimate of drug-likeness (QED) is 0.165. The standard InChI is InChI=1S/C19H14N2.C18H13N3.2Ir/c1-3-9-16(10-4-1)20-15-21(17-11-5-2-6-12-17)19-14-8-7-13-18(19)20;1-3-8-15(9-4-1)20-14-21(16-10-5-2-6-11-16)18-17(20)12-7-13-19-18;;/h1-11,13-15H;1-10,12-14H;;/q2*-2;;. The van der Waals surface area contributed by atoms with E-state index in [0.717, 1.165) is 34.3 Å². The largest absolute Gasteiger partial charge is 0.493 e. The van der Waals surface area contributed by atoms with Crippen LogP contribution in [-0.4, -0.2) is 4.98 Å². The predicted octanol–water partition coefficient (Wildman–Crippen LogP) is 9.18. The van der Waals surface area contributed by atoms with Gasteiger partial charge in [-0.1, -0.05) is 48.5 Å². The minimum Gasteiger partial charge on any atom is -0.493 e. The minimum atomic E-state index is 0. The normalized spacial score (nSPS) is 12.7. The molecule has 2 aliphatic rings. The Kier molecular flexibility index (Phi) is 10.3. The van der Waals surface area contributed by atoms with Crippen LogP contribution in [0.25, 0.3) is 0 Å². The van der Waals surface area contributed by atoms with E-state index >= 15 is 0 Å². The summed E-state index contributed by atoms with van der Waals surface area (Å²) in [5.74, 6) is 0.920. The van der Waals surface area contributed by atoms with Crippen LogP contribution in [-0.2, 0) is 40.2 Å². The van der Waals surface area contributed by atoms with Crippen LogP contribution in [0.4, 0.5) is 45.6 Å². The molecule has 1 aromatic heterocycles. The molecule has 3 heterocycles. The van der Waals surface area contributed by atoms with Gasteiger partial charge in [0, 0.05) is 69.2 Å². The topological polar surface area (TPSA) is 25.9 Å². The van der Waals surface area contributed by atoms with E-state index in [2.05, 4.69) is 123 Å². The molecule has 0 saturated heterocycles. The summed E-state index contributed by atoms with van der Waals surface area (Å²) in [5.41, 5.74) is 7.72. The molecule has 2 radical (unpaired) electrons. The predicted molar refractivity (Wildman–Crippen MR) is 171 cm³/mol. The molecule has 0 saturated carbocycles. The third-order valence-electron chi connectivity index (χ3n) is 7.09. The van der Waals surface area contributed by atoms with Gasteiger partial charge in [0.2, 0.25) is 0 Å². The number of rotatable bonds is 4. The minimum absolute atomic E-state index is 0. The Hall–Kier alpha value is -4.25. The summed E-state index contributed by atoms with van der Waals surface area (Å²) in [6, 6.07) is 55.6. The summed E-state index contributed by atoms with van der Waals surface area (Å²) >= 11 is 0. The molecular weight excluding hydrogens is 899 g/mol. The number of para-hydroxylation sites is 6. The Labute approximate surface area is 286 Å². The van der Waals surface area contributed by atoms with E-state index in [1.165, 1.54) is 11.4 Å². The van der Waals surface area contributed by atoms with Crippen LogP contribution >= 0.6 is 0 Å². The number of benzene rings is 5. The van der Waals surface area contributed by atoms with Crippen molar-refractivity contribution in [1.29, 1.82) is 0 Å². The van der Waals surface area contributed by atoms with Gasteiger partial charge in [0.25, 0.3) is 0 Å². The second kappa shape index (κ2) is 14.5. The van der Waals surface area contributed by atoms with Crippen molar-refractivity contribution in [3.63, 3.8) is 0 Å². The first kappa shape index (κ1) is 31.2. The molecule has 0 amide bonds. The second-order valence-electron chi connectivity index (χ2n) is 9.71. The van der Waals surface area contributed by atoms with Crippen molar-refractivity contribution in [3.05, 3.63) is 177 Å². The summed E-state index contributed by atoms with van der Waals surface area (Å²) in [7, 11) is 0. The Morgan fingerprint density at radius 1 is 0.432 bits per heavy atom. The molecule has 44 heavy (non-hydrogen) atoms. The van der Waals surface area contributed by atoms with Crippen molar-refractivity contribution >= 4 is 45.6 Å². The van der Waals surface area contributed by atoms with E-state index in [-0.39, 0.29) is 40.2 Å². The van der Waals surface area contributed by atoms with Gasteiger partial charge in [0.05, 0.1) is 5.69 Å². The second-order valence-corrected chi connectivity index (χ2v) is 9.71. The van der Waals surface area contributed by atoms with Crippen molar-refractivity contribution in [1.82, 2.24) is 4.98 Å². The zero-order valence-electron chi connectivity index (χ0n) is 23.5. The number of hydrogen-bond acceptors (Lipinski definition) is 5. The number of aromatic nitrogens is 1. The van der Waals surface area contributed by atoms with Crippen LogP contribution in [0.5, 0.6) is 0 Å². The SMILES string of the molecule is [Ir].[Ir].[c-]1ccccc1N1[CH-]N(c2ccccc2)c2ccccc21.[c-]1ccccc1N1[CH-]N(c2ccccc2)c2cccnc21. The number of nitrogens with zero attached hydrogens (tertiary/aromatic N) is 5. The van der Waals surface area contributed by atoms with Gasteiger partial charge in [-0.3, -0.25) is 0 Å². The van der Waals surface area contributed by atoms with Crippen LogP contribution in [0.15, 0.2) is 152 Å². The van der Waals surface area contributed by atoms with Crippen LogP contribution in [0.1, 0.15) is 0 Å². The van der Waals surface area contributed by atoms with Crippen LogP contribution in [0.2, 0.25) is 0 Å². The van der Waals surface area contributed by atoms with Crippen molar-refractivity contribution in [2.75, 3.05) is 19.6 Å². The van der Waals surface area contributed by atoms with Gasteiger partial charge in [0.15, 0.2) is 0 Å². The summed E-state index contributed by atoms with van der Waals surface area (Å²) in [6.07, 6.45) is 1.82. The Bertz CT molecular complexity index is 1490. The number of anilines is 8. The summed E-state index contributed by atoms with van der Waals surface area (Å²) in [4.78, 5) is 13.1. The average molecular weight is 926 g/mol. The third kappa shape index (κ3) is 6.33. The molecule has 222 valence electrons. The van der Waals surface area contributed by atoms with Gasteiger partial charge in [-0.2, -0.15) is 60.7 Å². The zero-order chi connectivity index (χ0) is 28.1. The molecule has 0 atom stereocenters. The Morgan fingerprint density at radius 3 is 1.45 bits per heavy atom. The van der Waals surface area contributed by atoms with E-state index in [1.54, 1.807) is 0 Å². The van der Waals surface area contributed by atoms with Gasteiger partial charge < -0.3 is 19.6 Å². The smallest absolute Gasteiger partial charge is 0.124 e. The number of pyridine rings is 1. The zero-order valence-corrected chi connectivity index (χ0v) is 28.3. The van der Waals surface area contributed by atoms with Gasteiger partial charge in [0.1, 0.15) is 5.82 Å². The molecule has 8 rings (SSSR count). The van der Waals surface area contributed by atoms with E-state index in [4.69, 9.17) is 0 Å². The van der Waals surface area contributed by atoms with Crippen molar-refractivity contribution in [2.24, 2.45) is 0 Å². The van der Waals surface area contributed by atoms with Gasteiger partial charge in [-0.05, 0) is 48.5 Å². The molecule has 0 spiro atoms. The van der Waals surface area contributed by atoms with Gasteiger partial charge >= 0.3 is 0 Å². The fraction of sp³-hybridized carbons (Fsp3) is 0. The van der Waals surface area contributed by atoms with E-state index in [1.807, 2.05) is 79.0 Å². The van der Waals surface area contributed by atoms with Crippen molar-refractivity contribution in [2.45, 2.75) is 0 Å². The first-order valence-electron chi connectivity index (χ1n) is 13.8. The third-order valence-corrected chi connectivity index (χ3v) is 7.09. The molecular formula is C37H27Ir2N5-4. The fourth-order valence-electron chi connectivity index (χ4n) is 5.13. The molecule has 0 N–H and O–H groups in total. The van der Waals surface area contributed by atoms with E-state index < -0.39 is 0 Å². The molecule has 0 aliphatic carbocycles. The molecule has 5 nitrogen and oxygen atoms in total. The van der Waals surface area contributed by atoms with Crippen molar-refractivity contribution < 1.29 is 40.2 Å². The average Bonchev–Trinajstić information content (AvgIpc) is 3.67. The molecule has 0 bridgehead atoms. The first-order chi connectivity index (χ1) is 20.9. The van der Waals surface area contributed by atoms with Gasteiger partial charge in [-0.15, -0.1) is 24.7 Å². The number of hydrogen-bond donors (Lipinski definition) is 0. The van der Waals surface area contributed by atoms with Gasteiger partial charge in [-0.25, -0.2) is 4.98 Å². The summed E-state index contributed by atoms with van der Waals surface area (Å²) in [5, 5.41) is 0. The Morgan fingerprint density at radius 2 is 0.886 bits per heavy atom. The maximum absolute atomic E-state index is 4.53. The van der Waals surface area contributed by atoms with Crippen molar-refractivity contribution in [3.8, 4) is 0 Å². The van der Waals surface area contributed by atoms with Crippen LogP contribution in [0.3, 0.4) is 0 Å². The van der Waals surface area contributed by atoms with E-state index in [0.29, 0.717) is 0 Å². The number of fused-ring (bicyclic) bond motifs is 2. The molecule has 6 aromatic rings.